The number of rotatable bonds is 9. The Balaban J connectivity index is 0.00000167. The van der Waals surface area contributed by atoms with Gasteiger partial charge in [-0.05, 0) is 72.4 Å². The predicted molar refractivity (Wildman–Crippen MR) is 136 cm³/mol. The molecule has 0 amide bonds. The van der Waals surface area contributed by atoms with E-state index in [4.69, 9.17) is 4.74 Å². The number of hydrogen-bond acceptors (Lipinski definition) is 8. The highest BCUT2D eigenvalue weighted by molar-refractivity contribution is 5.93. The van der Waals surface area contributed by atoms with Gasteiger partial charge in [-0.3, -0.25) is 4.79 Å². The Morgan fingerprint density at radius 1 is 1.00 bits per heavy atom. The maximum atomic E-state index is 12.0. The third kappa shape index (κ3) is 5.48. The molecule has 0 atom stereocenters. The second-order valence-electron chi connectivity index (χ2n) is 7.11. The number of nitroso groups, excluding NO2 is 1. The highest BCUT2D eigenvalue weighted by Crippen LogP contribution is 2.33. The van der Waals surface area contributed by atoms with Crippen molar-refractivity contribution in [2.45, 2.75) is 6.42 Å². The number of anilines is 1. The molecular weight excluding hydrogens is 446 g/mol. The summed E-state index contributed by atoms with van der Waals surface area (Å²) in [4.78, 5) is 34.2. The largest absolute Gasteiger partial charge is 0.457 e. The van der Waals surface area contributed by atoms with Crippen LogP contribution < -0.4 is 15.8 Å². The van der Waals surface area contributed by atoms with E-state index in [1.165, 1.54) is 19.2 Å². The molecule has 0 unspecified atom stereocenters. The maximum absolute atomic E-state index is 12.0. The van der Waals surface area contributed by atoms with Crippen LogP contribution in [0.3, 0.4) is 0 Å². The monoisotopic (exact) mass is 471 g/mol. The second kappa shape index (κ2) is 12.0. The van der Waals surface area contributed by atoms with E-state index in [0.29, 0.717) is 34.1 Å². The first-order valence-corrected chi connectivity index (χ1v) is 10.8. The standard InChI is InChI=1S/C25H20N4O4.CH5N/c1-26-25-22(16-31)24(17-7-10-21(11-8-17)33-20-5-3-2-4-6-20)27-29(25)23-12-9-19(28-32)15-18(23)13-14-30;1-2/h2-12,14-16,26H,13H2,1H3;2H2,1H3. The van der Waals surface area contributed by atoms with Gasteiger partial charge in [0.1, 0.15) is 35.0 Å². The number of hydrogen-bond donors (Lipinski definition) is 2. The summed E-state index contributed by atoms with van der Waals surface area (Å²) in [7, 11) is 3.18. The van der Waals surface area contributed by atoms with E-state index in [1.54, 1.807) is 29.9 Å². The molecule has 0 spiro atoms. The lowest BCUT2D eigenvalue weighted by Gasteiger charge is -2.11. The fourth-order valence-electron chi connectivity index (χ4n) is 3.56. The van der Waals surface area contributed by atoms with Crippen LogP contribution in [0.15, 0.2) is 78.0 Å². The van der Waals surface area contributed by atoms with Gasteiger partial charge in [-0.2, -0.15) is 5.10 Å². The summed E-state index contributed by atoms with van der Waals surface area (Å²) in [6.45, 7) is 0. The molecule has 0 radical (unpaired) electrons. The first-order valence-electron chi connectivity index (χ1n) is 10.8. The van der Waals surface area contributed by atoms with E-state index in [1.807, 2.05) is 42.5 Å². The number of benzene rings is 3. The number of aldehydes is 2. The van der Waals surface area contributed by atoms with Crippen molar-refractivity contribution in [1.29, 1.82) is 0 Å². The zero-order valence-electron chi connectivity index (χ0n) is 19.3. The average molecular weight is 472 g/mol. The van der Waals surface area contributed by atoms with Crippen molar-refractivity contribution >= 4 is 24.1 Å². The van der Waals surface area contributed by atoms with Crippen LogP contribution in [0.1, 0.15) is 15.9 Å². The van der Waals surface area contributed by atoms with Gasteiger partial charge < -0.3 is 20.6 Å². The number of ether oxygens (including phenoxy) is 1. The molecule has 0 aliphatic heterocycles. The molecule has 0 fully saturated rings. The number of para-hydroxylation sites is 1. The van der Waals surface area contributed by atoms with E-state index >= 15 is 0 Å². The Labute approximate surface area is 202 Å². The first-order chi connectivity index (χ1) is 17.2. The van der Waals surface area contributed by atoms with Gasteiger partial charge in [-0.1, -0.05) is 18.2 Å². The second-order valence-corrected chi connectivity index (χ2v) is 7.11. The molecule has 0 saturated heterocycles. The summed E-state index contributed by atoms with van der Waals surface area (Å²) in [5, 5.41) is 10.6. The Morgan fingerprint density at radius 3 is 2.29 bits per heavy atom. The van der Waals surface area contributed by atoms with E-state index in [-0.39, 0.29) is 12.1 Å². The van der Waals surface area contributed by atoms with E-state index in [9.17, 15) is 14.5 Å². The highest BCUT2D eigenvalue weighted by atomic mass is 16.5. The highest BCUT2D eigenvalue weighted by Gasteiger charge is 2.21. The van der Waals surface area contributed by atoms with Crippen LogP contribution in [-0.2, 0) is 11.2 Å². The summed E-state index contributed by atoms with van der Waals surface area (Å²) in [5.41, 5.74) is 7.39. The Bertz CT molecular complexity index is 1300. The molecule has 0 aliphatic carbocycles. The molecule has 35 heavy (non-hydrogen) atoms. The van der Waals surface area contributed by atoms with Crippen LogP contribution in [-0.4, -0.2) is 36.4 Å². The molecular formula is C26H25N5O4. The van der Waals surface area contributed by atoms with Crippen molar-refractivity contribution in [2.24, 2.45) is 10.9 Å². The fourth-order valence-corrected chi connectivity index (χ4v) is 3.56. The lowest BCUT2D eigenvalue weighted by atomic mass is 10.1. The van der Waals surface area contributed by atoms with Crippen molar-refractivity contribution in [1.82, 2.24) is 9.78 Å². The van der Waals surface area contributed by atoms with Crippen molar-refractivity contribution in [3.8, 4) is 28.4 Å². The molecule has 0 aliphatic rings. The minimum atomic E-state index is 0.0684. The summed E-state index contributed by atoms with van der Waals surface area (Å²) in [6, 6.07) is 21.4. The fraction of sp³-hybridized carbons (Fsp3) is 0.115. The van der Waals surface area contributed by atoms with Crippen molar-refractivity contribution in [3.63, 3.8) is 0 Å². The molecule has 9 nitrogen and oxygen atoms in total. The van der Waals surface area contributed by atoms with Gasteiger partial charge >= 0.3 is 0 Å². The zero-order valence-corrected chi connectivity index (χ0v) is 19.3. The van der Waals surface area contributed by atoms with E-state index < -0.39 is 0 Å². The van der Waals surface area contributed by atoms with Gasteiger partial charge in [0.25, 0.3) is 0 Å². The van der Waals surface area contributed by atoms with E-state index in [2.05, 4.69) is 21.3 Å². The van der Waals surface area contributed by atoms with Crippen LogP contribution in [0.5, 0.6) is 11.5 Å². The SMILES string of the molecule is CN.CNc1c(C=O)c(-c2ccc(Oc3ccccc3)cc2)nn1-c1ccc(N=O)cc1CC=O. The van der Waals surface area contributed by atoms with Gasteiger partial charge in [0.15, 0.2) is 6.29 Å². The molecule has 4 rings (SSSR count). The summed E-state index contributed by atoms with van der Waals surface area (Å²) >= 11 is 0. The molecule has 3 N–H and O–H groups in total. The van der Waals surface area contributed by atoms with Gasteiger partial charge in [0, 0.05) is 19.0 Å². The smallest absolute Gasteiger partial charge is 0.156 e. The Hall–Kier alpha value is -4.63. The maximum Gasteiger partial charge on any atom is 0.156 e. The Kier molecular flexibility index (Phi) is 8.58. The first kappa shape index (κ1) is 25.0. The van der Waals surface area contributed by atoms with Crippen LogP contribution >= 0.6 is 0 Å². The van der Waals surface area contributed by atoms with Crippen molar-refractivity contribution < 1.29 is 14.3 Å². The van der Waals surface area contributed by atoms with Gasteiger partial charge in [0.05, 0.1) is 11.3 Å². The molecule has 4 aromatic rings. The molecule has 0 bridgehead atoms. The van der Waals surface area contributed by atoms with Crippen LogP contribution in [0, 0.1) is 4.91 Å². The zero-order chi connectivity index (χ0) is 25.2. The quantitative estimate of drug-likeness (QED) is 0.262. The number of nitrogens with zero attached hydrogens (tertiary/aromatic N) is 3. The molecule has 178 valence electrons. The lowest BCUT2D eigenvalue weighted by Crippen LogP contribution is -2.06. The minimum absolute atomic E-state index is 0.0684. The molecule has 1 aromatic heterocycles. The third-order valence-corrected chi connectivity index (χ3v) is 5.08. The third-order valence-electron chi connectivity index (χ3n) is 5.08. The lowest BCUT2D eigenvalue weighted by molar-refractivity contribution is -0.107. The molecule has 1 heterocycles. The number of nitrogens with one attached hydrogen (secondary N) is 1. The van der Waals surface area contributed by atoms with Gasteiger partial charge in [0.2, 0.25) is 0 Å². The normalized spacial score (nSPS) is 10.0. The Morgan fingerprint density at radius 2 is 1.69 bits per heavy atom. The minimum Gasteiger partial charge on any atom is -0.457 e. The molecule has 9 heteroatoms. The summed E-state index contributed by atoms with van der Waals surface area (Å²) < 4.78 is 7.39. The number of carbonyl (C=O) groups is 2. The average Bonchev–Trinajstić information content (AvgIpc) is 3.29. The predicted octanol–water partition coefficient (Wildman–Crippen LogP) is 4.90. The van der Waals surface area contributed by atoms with Crippen LogP contribution in [0.4, 0.5) is 11.5 Å². The topological polar surface area (TPSA) is 129 Å². The van der Waals surface area contributed by atoms with Crippen molar-refractivity contribution in [3.05, 3.63) is 88.8 Å². The van der Waals surface area contributed by atoms with Gasteiger partial charge in [-0.15, -0.1) is 4.91 Å². The van der Waals surface area contributed by atoms with Crippen LogP contribution in [0.25, 0.3) is 16.9 Å². The molecule has 3 aromatic carbocycles. The summed E-state index contributed by atoms with van der Waals surface area (Å²) in [5.74, 6) is 1.83. The van der Waals surface area contributed by atoms with E-state index in [0.717, 1.165) is 23.9 Å². The molecule has 0 saturated carbocycles. The number of nitrogens with two attached hydrogens (primary N) is 1. The summed E-state index contributed by atoms with van der Waals surface area (Å²) in [6.07, 6.45) is 1.54. The van der Waals surface area contributed by atoms with Crippen LogP contribution in [0.2, 0.25) is 0 Å². The number of carbonyl (C=O) groups excluding carboxylic acids is 2. The number of aromatic nitrogens is 2. The van der Waals surface area contributed by atoms with Crippen molar-refractivity contribution in [2.75, 3.05) is 19.4 Å². The van der Waals surface area contributed by atoms with Gasteiger partial charge in [-0.25, -0.2) is 4.68 Å².